The van der Waals surface area contributed by atoms with Gasteiger partial charge in [-0.1, -0.05) is 0 Å². The molecule has 11 heavy (non-hydrogen) atoms. The second-order valence-corrected chi connectivity index (χ2v) is 2.99. The van der Waals surface area contributed by atoms with Gasteiger partial charge < -0.3 is 4.98 Å². The molecular weight excluding hydrogens is 231 g/mol. The molecule has 0 saturated carbocycles. The van der Waals surface area contributed by atoms with Crippen molar-refractivity contribution in [2.75, 3.05) is 0 Å². The third kappa shape index (κ3) is 1.21. The lowest BCUT2D eigenvalue weighted by molar-refractivity contribution is 1.20. The summed E-state index contributed by atoms with van der Waals surface area (Å²) < 4.78 is 0.629. The van der Waals surface area contributed by atoms with Gasteiger partial charge in [0.15, 0.2) is 10.4 Å². The Hall–Kier alpha value is -0.680. The summed E-state index contributed by atoms with van der Waals surface area (Å²) in [6, 6.07) is 0. The zero-order valence-corrected chi connectivity index (χ0v) is 7.52. The van der Waals surface area contributed by atoms with Gasteiger partial charge in [-0.15, -0.1) is 0 Å². The lowest BCUT2D eigenvalue weighted by Gasteiger charge is -1.85. The van der Waals surface area contributed by atoms with Crippen LogP contribution in [0.1, 0.15) is 0 Å². The van der Waals surface area contributed by atoms with E-state index in [1.165, 1.54) is 0 Å². The number of hydrogen-bond donors (Lipinski definition) is 1. The first-order chi connectivity index (χ1) is 5.25. The SMILES string of the molecule is Clc1ncc2[nH]c(Br)nc2n1. The van der Waals surface area contributed by atoms with E-state index in [9.17, 15) is 0 Å². The number of fused-ring (bicyclic) bond motifs is 1. The molecular formula is C5H2BrClN4. The van der Waals surface area contributed by atoms with Crippen molar-refractivity contribution in [3.8, 4) is 0 Å². The van der Waals surface area contributed by atoms with E-state index >= 15 is 0 Å². The monoisotopic (exact) mass is 232 g/mol. The van der Waals surface area contributed by atoms with E-state index < -0.39 is 0 Å². The van der Waals surface area contributed by atoms with E-state index in [0.29, 0.717) is 10.4 Å². The fourth-order valence-corrected chi connectivity index (χ4v) is 1.27. The normalized spacial score (nSPS) is 10.7. The Bertz CT molecular complexity index is 398. The van der Waals surface area contributed by atoms with Crippen molar-refractivity contribution in [1.82, 2.24) is 19.9 Å². The molecule has 6 heteroatoms. The van der Waals surface area contributed by atoms with E-state index in [1.54, 1.807) is 6.20 Å². The number of rotatable bonds is 0. The third-order valence-corrected chi connectivity index (χ3v) is 1.74. The molecule has 0 amide bonds. The number of aromatic nitrogens is 4. The van der Waals surface area contributed by atoms with Crippen LogP contribution < -0.4 is 0 Å². The van der Waals surface area contributed by atoms with Crippen molar-refractivity contribution in [2.45, 2.75) is 0 Å². The predicted molar refractivity (Wildman–Crippen MR) is 44.4 cm³/mol. The topological polar surface area (TPSA) is 54.5 Å². The van der Waals surface area contributed by atoms with Gasteiger partial charge in [0, 0.05) is 0 Å². The van der Waals surface area contributed by atoms with Gasteiger partial charge in [-0.25, -0.2) is 9.97 Å². The first-order valence-electron chi connectivity index (χ1n) is 2.79. The van der Waals surface area contributed by atoms with Crippen molar-refractivity contribution in [3.05, 3.63) is 16.2 Å². The maximum atomic E-state index is 5.54. The van der Waals surface area contributed by atoms with Crippen molar-refractivity contribution >= 4 is 38.7 Å². The molecule has 2 aromatic rings. The molecule has 0 unspecified atom stereocenters. The van der Waals surface area contributed by atoms with E-state index in [-0.39, 0.29) is 5.28 Å². The Morgan fingerprint density at radius 3 is 3.09 bits per heavy atom. The summed E-state index contributed by atoms with van der Waals surface area (Å²) in [7, 11) is 0. The van der Waals surface area contributed by atoms with E-state index in [0.717, 1.165) is 5.52 Å². The maximum absolute atomic E-state index is 5.54. The standard InChI is InChI=1S/C5H2BrClN4/c6-4-9-2-1-8-5(7)11-3(2)10-4/h1H,(H,8,9,10,11). The van der Waals surface area contributed by atoms with Crippen LogP contribution in [0.4, 0.5) is 0 Å². The number of hydrogen-bond acceptors (Lipinski definition) is 3. The lowest BCUT2D eigenvalue weighted by Crippen LogP contribution is -1.81. The molecule has 0 aliphatic heterocycles. The van der Waals surface area contributed by atoms with Gasteiger partial charge in [0.25, 0.3) is 0 Å². The third-order valence-electron chi connectivity index (χ3n) is 1.18. The van der Waals surface area contributed by atoms with Gasteiger partial charge >= 0.3 is 0 Å². The summed E-state index contributed by atoms with van der Waals surface area (Å²) in [5, 5.41) is 0.205. The van der Waals surface area contributed by atoms with Crippen molar-refractivity contribution in [2.24, 2.45) is 0 Å². The Kier molecular flexibility index (Phi) is 1.54. The van der Waals surface area contributed by atoms with Gasteiger partial charge in [0.2, 0.25) is 5.28 Å². The quantitative estimate of drug-likeness (QED) is 0.557. The van der Waals surface area contributed by atoms with Gasteiger partial charge in [0.05, 0.1) is 6.20 Å². The zero-order valence-electron chi connectivity index (χ0n) is 5.17. The van der Waals surface area contributed by atoms with Crippen LogP contribution in [0.25, 0.3) is 11.2 Å². The number of imidazole rings is 1. The highest BCUT2D eigenvalue weighted by atomic mass is 79.9. The minimum Gasteiger partial charge on any atom is -0.330 e. The fraction of sp³-hybridized carbons (Fsp3) is 0. The number of H-pyrrole nitrogens is 1. The summed E-state index contributed by atoms with van der Waals surface area (Å²) in [4.78, 5) is 14.6. The number of nitrogens with one attached hydrogen (secondary N) is 1. The Morgan fingerprint density at radius 2 is 2.27 bits per heavy atom. The van der Waals surface area contributed by atoms with Gasteiger partial charge in [-0.05, 0) is 27.5 Å². The van der Waals surface area contributed by atoms with Gasteiger partial charge in [0.1, 0.15) is 5.52 Å². The summed E-state index contributed by atoms with van der Waals surface area (Å²) in [5.74, 6) is 0. The average Bonchev–Trinajstić information content (AvgIpc) is 2.27. The predicted octanol–water partition coefficient (Wildman–Crippen LogP) is 1.77. The molecule has 0 spiro atoms. The molecule has 2 heterocycles. The first-order valence-corrected chi connectivity index (χ1v) is 3.96. The number of nitrogens with zero attached hydrogens (tertiary/aromatic N) is 3. The average molecular weight is 233 g/mol. The molecule has 2 rings (SSSR count). The maximum Gasteiger partial charge on any atom is 0.224 e. The molecule has 0 fully saturated rings. The van der Waals surface area contributed by atoms with Gasteiger partial charge in [-0.3, -0.25) is 0 Å². The molecule has 0 radical (unpaired) electrons. The van der Waals surface area contributed by atoms with Crippen LogP contribution in [0.15, 0.2) is 10.9 Å². The number of aromatic amines is 1. The van der Waals surface area contributed by atoms with Crippen LogP contribution in [0, 0.1) is 0 Å². The second kappa shape index (κ2) is 2.42. The van der Waals surface area contributed by atoms with E-state index in [2.05, 4.69) is 35.9 Å². The lowest BCUT2D eigenvalue weighted by atomic mass is 10.6. The van der Waals surface area contributed by atoms with Crippen molar-refractivity contribution in [3.63, 3.8) is 0 Å². The summed E-state index contributed by atoms with van der Waals surface area (Å²) in [5.41, 5.74) is 1.33. The smallest absolute Gasteiger partial charge is 0.224 e. The molecule has 0 atom stereocenters. The van der Waals surface area contributed by atoms with Crippen LogP contribution in [0.2, 0.25) is 5.28 Å². The highest BCUT2D eigenvalue weighted by Crippen LogP contribution is 2.12. The van der Waals surface area contributed by atoms with Crippen molar-refractivity contribution in [1.29, 1.82) is 0 Å². The summed E-state index contributed by atoms with van der Waals surface area (Å²) >= 11 is 8.71. The molecule has 1 N–H and O–H groups in total. The first kappa shape index (κ1) is 7.00. The molecule has 56 valence electrons. The van der Waals surface area contributed by atoms with Crippen LogP contribution in [-0.2, 0) is 0 Å². The second-order valence-electron chi connectivity index (χ2n) is 1.90. The molecule has 0 saturated heterocycles. The van der Waals surface area contributed by atoms with Gasteiger partial charge in [-0.2, -0.15) is 4.98 Å². The van der Waals surface area contributed by atoms with Crippen LogP contribution in [-0.4, -0.2) is 19.9 Å². The minimum absolute atomic E-state index is 0.205. The molecule has 0 aliphatic carbocycles. The van der Waals surface area contributed by atoms with Crippen LogP contribution in [0.5, 0.6) is 0 Å². The Morgan fingerprint density at radius 1 is 1.45 bits per heavy atom. The summed E-state index contributed by atoms with van der Waals surface area (Å²) in [6.45, 7) is 0. The number of halogens is 2. The largest absolute Gasteiger partial charge is 0.330 e. The Labute approximate surface area is 75.2 Å². The molecule has 2 aromatic heterocycles. The van der Waals surface area contributed by atoms with E-state index in [1.807, 2.05) is 0 Å². The molecule has 0 aliphatic rings. The molecule has 0 aromatic carbocycles. The molecule has 0 bridgehead atoms. The fourth-order valence-electron chi connectivity index (χ4n) is 0.757. The summed E-state index contributed by atoms with van der Waals surface area (Å²) in [6.07, 6.45) is 1.59. The van der Waals surface area contributed by atoms with E-state index in [4.69, 9.17) is 11.6 Å². The minimum atomic E-state index is 0.205. The Balaban J connectivity index is 2.82. The zero-order chi connectivity index (χ0) is 7.84. The van der Waals surface area contributed by atoms with Crippen LogP contribution in [0.3, 0.4) is 0 Å². The highest BCUT2D eigenvalue weighted by molar-refractivity contribution is 9.10. The molecule has 4 nitrogen and oxygen atoms in total. The van der Waals surface area contributed by atoms with Crippen LogP contribution >= 0.6 is 27.5 Å². The van der Waals surface area contributed by atoms with Crippen molar-refractivity contribution < 1.29 is 0 Å². The highest BCUT2D eigenvalue weighted by Gasteiger charge is 2.01.